The van der Waals surface area contributed by atoms with Crippen LogP contribution in [-0.4, -0.2) is 45.7 Å². The molecule has 0 aromatic rings. The van der Waals surface area contributed by atoms with Crippen molar-refractivity contribution in [2.24, 2.45) is 0 Å². The first-order valence-corrected chi connectivity index (χ1v) is 5.14. The van der Waals surface area contributed by atoms with Gasteiger partial charge in [0.05, 0.1) is 23.3 Å². The molecule has 0 aliphatic carbocycles. The molecular formula is C7H17O5S-. The Morgan fingerprint density at radius 3 is 2.31 bits per heavy atom. The van der Waals surface area contributed by atoms with Gasteiger partial charge in [0.1, 0.15) is 0 Å². The molecule has 0 spiro atoms. The summed E-state index contributed by atoms with van der Waals surface area (Å²) in [5.74, 6) is -0.361. The number of rotatable bonds is 7. The molecular weight excluding hydrogens is 196 g/mol. The molecule has 6 heteroatoms. The molecule has 0 aromatic heterocycles. The van der Waals surface area contributed by atoms with Crippen molar-refractivity contribution in [3.05, 3.63) is 0 Å². The lowest BCUT2D eigenvalue weighted by Gasteiger charge is -2.06. The zero-order valence-electron chi connectivity index (χ0n) is 6.99. The van der Waals surface area contributed by atoms with E-state index in [9.17, 15) is 13.0 Å². The highest BCUT2D eigenvalue weighted by Gasteiger charge is 1.94. The van der Waals surface area contributed by atoms with Gasteiger partial charge in [0.25, 0.3) is 0 Å². The van der Waals surface area contributed by atoms with Gasteiger partial charge in [0, 0.05) is 19.5 Å². The van der Waals surface area contributed by atoms with E-state index in [0.717, 1.165) is 0 Å². The van der Waals surface area contributed by atoms with Crippen molar-refractivity contribution in [3.8, 4) is 0 Å². The fourth-order valence-corrected chi connectivity index (χ4v) is 1.05. The van der Waals surface area contributed by atoms with Gasteiger partial charge in [0.15, 0.2) is 0 Å². The van der Waals surface area contributed by atoms with E-state index in [1.165, 1.54) is 0 Å². The summed E-state index contributed by atoms with van der Waals surface area (Å²) in [7, 11) is -2.53. The Morgan fingerprint density at radius 1 is 1.23 bits per heavy atom. The average molecular weight is 213 g/mol. The zero-order valence-corrected chi connectivity index (χ0v) is 7.80. The van der Waals surface area contributed by atoms with E-state index in [4.69, 9.17) is 4.74 Å². The maximum atomic E-state index is 10.1. The van der Waals surface area contributed by atoms with Gasteiger partial charge in [-0.25, -0.2) is 8.42 Å². The Bertz CT molecular complexity index is 187. The molecule has 0 aromatic carbocycles. The summed E-state index contributed by atoms with van der Waals surface area (Å²) in [6, 6.07) is 0. The van der Waals surface area contributed by atoms with Crippen LogP contribution in [0.5, 0.6) is 0 Å². The third-order valence-electron chi connectivity index (χ3n) is 1.11. The smallest absolute Gasteiger partial charge is 0.0946 e. The molecule has 0 saturated heterocycles. The maximum absolute atomic E-state index is 10.1. The first kappa shape index (κ1) is 15.3. The lowest BCUT2D eigenvalue weighted by Crippen LogP contribution is -2.09. The summed E-state index contributed by atoms with van der Waals surface area (Å²) in [4.78, 5) is 0. The summed E-state index contributed by atoms with van der Waals surface area (Å²) in [6.07, 6.45) is 0.246. The van der Waals surface area contributed by atoms with Crippen molar-refractivity contribution in [2.75, 3.05) is 32.7 Å². The summed E-state index contributed by atoms with van der Waals surface area (Å²) in [5.41, 5.74) is 0. The average Bonchev–Trinajstić information content (AvgIpc) is 1.94. The van der Waals surface area contributed by atoms with Gasteiger partial charge in [-0.3, -0.25) is 0 Å². The van der Waals surface area contributed by atoms with E-state index in [1.54, 1.807) is 7.11 Å². The van der Waals surface area contributed by atoms with Crippen molar-refractivity contribution in [1.29, 1.82) is 0 Å². The number of methoxy groups -OCH3 is 1. The lowest BCUT2D eigenvalue weighted by molar-refractivity contribution is 0.0711. The predicted octanol–water partition coefficient (Wildman–Crippen LogP) is 0.221. The second-order valence-electron chi connectivity index (χ2n) is 2.22. The minimum Gasteiger partial charge on any atom is -0.748 e. The second-order valence-corrected chi connectivity index (χ2v) is 3.74. The minimum absolute atomic E-state index is 0. The van der Waals surface area contributed by atoms with Crippen LogP contribution in [0.15, 0.2) is 0 Å². The Balaban J connectivity index is 0. The highest BCUT2D eigenvalue weighted by molar-refractivity contribution is 7.85. The van der Waals surface area contributed by atoms with Crippen LogP contribution in [0.3, 0.4) is 0 Å². The van der Waals surface area contributed by atoms with Gasteiger partial charge in [-0.1, -0.05) is 7.43 Å². The van der Waals surface area contributed by atoms with Gasteiger partial charge in [-0.2, -0.15) is 0 Å². The molecule has 0 unspecified atom stereocenters. The fraction of sp³-hybridized carbons (Fsp3) is 1.00. The molecule has 0 amide bonds. The van der Waals surface area contributed by atoms with Crippen molar-refractivity contribution in [3.63, 3.8) is 0 Å². The monoisotopic (exact) mass is 213 g/mol. The Labute approximate surface area is 79.8 Å². The van der Waals surface area contributed by atoms with E-state index in [-0.39, 0.29) is 26.2 Å². The van der Waals surface area contributed by atoms with Crippen LogP contribution >= 0.6 is 0 Å². The van der Waals surface area contributed by atoms with E-state index in [2.05, 4.69) is 4.74 Å². The summed E-state index contributed by atoms with van der Waals surface area (Å²) in [6.45, 7) is 1.18. The molecule has 0 fully saturated rings. The first-order chi connectivity index (χ1) is 5.56. The van der Waals surface area contributed by atoms with Crippen molar-refractivity contribution >= 4 is 10.1 Å². The van der Waals surface area contributed by atoms with Crippen LogP contribution in [0.1, 0.15) is 13.8 Å². The van der Waals surface area contributed by atoms with Crippen LogP contribution < -0.4 is 0 Å². The molecule has 5 nitrogen and oxygen atoms in total. The van der Waals surface area contributed by atoms with Gasteiger partial charge < -0.3 is 14.0 Å². The molecule has 0 N–H and O–H groups in total. The molecule has 0 saturated carbocycles. The first-order valence-electron chi connectivity index (χ1n) is 3.56. The SMILES string of the molecule is C.COCCOCCCS(=O)(=O)[O-]. The molecule has 82 valence electrons. The third kappa shape index (κ3) is 14.7. The molecule has 0 aliphatic rings. The van der Waals surface area contributed by atoms with E-state index in [1.807, 2.05) is 0 Å². The Morgan fingerprint density at radius 2 is 1.85 bits per heavy atom. The maximum Gasteiger partial charge on any atom is 0.0946 e. The lowest BCUT2D eigenvalue weighted by atomic mass is 10.5. The summed E-state index contributed by atoms with van der Waals surface area (Å²) in [5, 5.41) is 0. The quantitative estimate of drug-likeness (QED) is 0.446. The summed E-state index contributed by atoms with van der Waals surface area (Å²) >= 11 is 0. The predicted molar refractivity (Wildman–Crippen MR) is 48.6 cm³/mol. The Hall–Kier alpha value is -0.170. The second kappa shape index (κ2) is 8.43. The van der Waals surface area contributed by atoms with Crippen LogP contribution in [0.25, 0.3) is 0 Å². The molecule has 0 bridgehead atoms. The highest BCUT2D eigenvalue weighted by Crippen LogP contribution is 1.89. The zero-order chi connectivity index (χ0) is 9.45. The molecule has 0 heterocycles. The number of ether oxygens (including phenoxy) is 2. The van der Waals surface area contributed by atoms with Crippen LogP contribution in [0.4, 0.5) is 0 Å². The normalized spacial score (nSPS) is 10.9. The fourth-order valence-electron chi connectivity index (χ4n) is 0.582. The van der Waals surface area contributed by atoms with Gasteiger partial charge >= 0.3 is 0 Å². The molecule has 0 aliphatic heterocycles. The minimum atomic E-state index is -4.08. The molecule has 13 heavy (non-hydrogen) atoms. The van der Waals surface area contributed by atoms with Crippen LogP contribution in [0.2, 0.25) is 0 Å². The van der Waals surface area contributed by atoms with Gasteiger partial charge in [0.2, 0.25) is 0 Å². The highest BCUT2D eigenvalue weighted by atomic mass is 32.2. The van der Waals surface area contributed by atoms with Crippen molar-refractivity contribution in [2.45, 2.75) is 13.8 Å². The Kier molecular flexibility index (Phi) is 9.93. The third-order valence-corrected chi connectivity index (χ3v) is 1.90. The van der Waals surface area contributed by atoms with Crippen molar-refractivity contribution in [1.82, 2.24) is 0 Å². The number of hydrogen-bond acceptors (Lipinski definition) is 5. The van der Waals surface area contributed by atoms with Crippen molar-refractivity contribution < 1.29 is 22.4 Å². The molecule has 0 atom stereocenters. The van der Waals surface area contributed by atoms with Crippen LogP contribution in [0, 0.1) is 0 Å². The number of hydrogen-bond donors (Lipinski definition) is 0. The van der Waals surface area contributed by atoms with Gasteiger partial charge in [-0.05, 0) is 6.42 Å². The van der Waals surface area contributed by atoms with Gasteiger partial charge in [-0.15, -0.1) is 0 Å². The largest absolute Gasteiger partial charge is 0.748 e. The topological polar surface area (TPSA) is 75.7 Å². The van der Waals surface area contributed by atoms with E-state index < -0.39 is 10.1 Å². The molecule has 0 radical (unpaired) electrons. The standard InChI is InChI=1S/C6H14O5S.CH4/c1-10-4-5-11-3-2-6-12(7,8)9;/h2-6H2,1H3,(H,7,8,9);1H4/p-1. The van der Waals surface area contributed by atoms with E-state index >= 15 is 0 Å². The molecule has 0 rings (SSSR count). The van der Waals surface area contributed by atoms with Crippen LogP contribution in [-0.2, 0) is 19.6 Å². The summed E-state index contributed by atoms with van der Waals surface area (Å²) < 4.78 is 39.9. The van der Waals surface area contributed by atoms with E-state index in [0.29, 0.717) is 13.2 Å².